The highest BCUT2D eigenvalue weighted by Crippen LogP contribution is 2.16. The van der Waals surface area contributed by atoms with Gasteiger partial charge < -0.3 is 9.80 Å². The first-order valence-corrected chi connectivity index (χ1v) is 10.3. The molecule has 2 saturated heterocycles. The van der Waals surface area contributed by atoms with Crippen LogP contribution in [0.1, 0.15) is 93.4 Å². The van der Waals surface area contributed by atoms with E-state index in [9.17, 15) is 4.79 Å². The van der Waals surface area contributed by atoms with Gasteiger partial charge in [-0.25, -0.2) is 0 Å². The van der Waals surface area contributed by atoms with E-state index in [4.69, 9.17) is 0 Å². The highest BCUT2D eigenvalue weighted by Gasteiger charge is 2.19. The largest absolute Gasteiger partial charge is 0.375 e. The lowest BCUT2D eigenvalue weighted by atomic mass is 10.0. The first-order valence-electron chi connectivity index (χ1n) is 10.3. The van der Waals surface area contributed by atoms with Gasteiger partial charge in [-0.1, -0.05) is 41.2 Å². The molecule has 0 spiro atoms. The van der Waals surface area contributed by atoms with E-state index in [0.29, 0.717) is 6.04 Å². The maximum atomic E-state index is 10.9. The third-order valence-electron chi connectivity index (χ3n) is 4.42. The first kappa shape index (κ1) is 25.3. The average molecular weight is 341 g/mol. The number of piperidine rings is 2. The predicted octanol–water partition coefficient (Wildman–Crippen LogP) is 5.86. The van der Waals surface area contributed by atoms with E-state index in [1.165, 1.54) is 57.3 Å². The Bertz CT molecular complexity index is 309. The molecule has 1 amide bonds. The Kier molecular flexibility index (Phi) is 17.7. The van der Waals surface area contributed by atoms with Gasteiger partial charge in [-0.3, -0.25) is 4.79 Å². The molecule has 24 heavy (non-hydrogen) atoms. The SMILES string of the molecule is C=C(CC)N1CCCCC1.CC.CC.CC(=O)N1CCCCC1C. The molecule has 2 rings (SSSR count). The Morgan fingerprint density at radius 2 is 1.46 bits per heavy atom. The van der Waals surface area contributed by atoms with Crippen LogP contribution in [0, 0.1) is 0 Å². The third kappa shape index (κ3) is 10.7. The van der Waals surface area contributed by atoms with E-state index in [2.05, 4.69) is 25.3 Å². The molecule has 0 bridgehead atoms. The van der Waals surface area contributed by atoms with Gasteiger partial charge >= 0.3 is 0 Å². The zero-order chi connectivity index (χ0) is 19.0. The molecule has 1 atom stereocenters. The number of carbonyl (C=O) groups excluding carboxylic acids is 1. The lowest BCUT2D eigenvalue weighted by molar-refractivity contribution is -0.131. The Morgan fingerprint density at radius 1 is 0.958 bits per heavy atom. The molecule has 2 aliphatic heterocycles. The zero-order valence-corrected chi connectivity index (χ0v) is 17.7. The molecule has 0 aliphatic carbocycles. The maximum Gasteiger partial charge on any atom is 0.219 e. The predicted molar refractivity (Wildman–Crippen MR) is 108 cm³/mol. The van der Waals surface area contributed by atoms with Crippen molar-refractivity contribution >= 4 is 5.91 Å². The molecule has 2 fully saturated rings. The molecular formula is C21H44N2O. The Morgan fingerprint density at radius 3 is 1.83 bits per heavy atom. The third-order valence-corrected chi connectivity index (χ3v) is 4.42. The molecule has 3 heteroatoms. The summed E-state index contributed by atoms with van der Waals surface area (Å²) in [5, 5.41) is 0. The minimum absolute atomic E-state index is 0.229. The van der Waals surface area contributed by atoms with Crippen LogP contribution in [0.25, 0.3) is 0 Å². The minimum Gasteiger partial charge on any atom is -0.375 e. The van der Waals surface area contributed by atoms with Crippen LogP contribution in [0.2, 0.25) is 0 Å². The molecule has 2 heterocycles. The summed E-state index contributed by atoms with van der Waals surface area (Å²) in [5.74, 6) is 0.229. The van der Waals surface area contributed by atoms with Crippen molar-refractivity contribution in [3.05, 3.63) is 12.3 Å². The van der Waals surface area contributed by atoms with Gasteiger partial charge in [0.1, 0.15) is 0 Å². The summed E-state index contributed by atoms with van der Waals surface area (Å²) in [6, 6.07) is 0.478. The molecule has 144 valence electrons. The second-order valence-corrected chi connectivity index (χ2v) is 6.02. The lowest BCUT2D eigenvalue weighted by Gasteiger charge is -2.32. The van der Waals surface area contributed by atoms with Crippen molar-refractivity contribution in [3.63, 3.8) is 0 Å². The molecular weight excluding hydrogens is 296 g/mol. The molecule has 0 N–H and O–H groups in total. The smallest absolute Gasteiger partial charge is 0.219 e. The normalized spacial score (nSPS) is 19.5. The van der Waals surface area contributed by atoms with Gasteiger partial charge in [0, 0.05) is 38.3 Å². The van der Waals surface area contributed by atoms with Crippen LogP contribution >= 0.6 is 0 Å². The van der Waals surface area contributed by atoms with Gasteiger partial charge in [-0.05, 0) is 51.9 Å². The molecule has 0 aromatic rings. The van der Waals surface area contributed by atoms with Crippen molar-refractivity contribution in [1.29, 1.82) is 0 Å². The molecule has 3 nitrogen and oxygen atoms in total. The Balaban J connectivity index is 0. The van der Waals surface area contributed by atoms with Crippen molar-refractivity contribution in [2.24, 2.45) is 0 Å². The Hall–Kier alpha value is -0.990. The standard InChI is InChI=1S/C9H17N.C8H15NO.2C2H6/c1-3-9(2)10-7-5-4-6-8-10;1-7-5-3-4-6-9(7)8(2)10;2*1-2/h2-8H2,1H3;7H,3-6H2,1-2H3;2*1-2H3. The second kappa shape index (κ2) is 16.9. The number of nitrogens with zero attached hydrogens (tertiary/aromatic N) is 2. The summed E-state index contributed by atoms with van der Waals surface area (Å²) in [4.78, 5) is 15.3. The van der Waals surface area contributed by atoms with Gasteiger partial charge in [0.2, 0.25) is 5.91 Å². The van der Waals surface area contributed by atoms with E-state index in [1.54, 1.807) is 6.92 Å². The topological polar surface area (TPSA) is 23.6 Å². The summed E-state index contributed by atoms with van der Waals surface area (Å²) in [6.07, 6.45) is 8.89. The summed E-state index contributed by atoms with van der Waals surface area (Å²) >= 11 is 0. The number of allylic oxidation sites excluding steroid dienone is 1. The number of hydrogen-bond donors (Lipinski definition) is 0. The molecule has 0 aromatic carbocycles. The number of hydrogen-bond acceptors (Lipinski definition) is 2. The quantitative estimate of drug-likeness (QED) is 0.629. The Labute approximate surface area is 152 Å². The zero-order valence-electron chi connectivity index (χ0n) is 17.7. The first-order chi connectivity index (χ1) is 11.6. The van der Waals surface area contributed by atoms with E-state index in [1.807, 2.05) is 32.6 Å². The second-order valence-electron chi connectivity index (χ2n) is 6.02. The molecule has 1 unspecified atom stereocenters. The van der Waals surface area contributed by atoms with Gasteiger partial charge in [-0.15, -0.1) is 0 Å². The highest BCUT2D eigenvalue weighted by molar-refractivity contribution is 5.73. The van der Waals surface area contributed by atoms with E-state index in [-0.39, 0.29) is 5.91 Å². The fourth-order valence-corrected chi connectivity index (χ4v) is 3.00. The van der Waals surface area contributed by atoms with Gasteiger partial charge in [0.25, 0.3) is 0 Å². The number of amides is 1. The molecule has 0 aromatic heterocycles. The van der Waals surface area contributed by atoms with Crippen molar-refractivity contribution in [2.75, 3.05) is 19.6 Å². The number of rotatable bonds is 2. The van der Waals surface area contributed by atoms with Crippen molar-refractivity contribution in [3.8, 4) is 0 Å². The molecule has 0 saturated carbocycles. The van der Waals surface area contributed by atoms with Crippen LogP contribution in [0.5, 0.6) is 0 Å². The van der Waals surface area contributed by atoms with E-state index in [0.717, 1.165) is 13.0 Å². The maximum absolute atomic E-state index is 10.9. The minimum atomic E-state index is 0.229. The van der Waals surface area contributed by atoms with Gasteiger partial charge in [-0.2, -0.15) is 0 Å². The van der Waals surface area contributed by atoms with Crippen LogP contribution in [0.15, 0.2) is 12.3 Å². The van der Waals surface area contributed by atoms with Gasteiger partial charge in [0.15, 0.2) is 0 Å². The number of carbonyl (C=O) groups is 1. The fraction of sp³-hybridized carbons (Fsp3) is 0.857. The van der Waals surface area contributed by atoms with Crippen LogP contribution in [0.4, 0.5) is 0 Å². The van der Waals surface area contributed by atoms with Crippen molar-refractivity contribution in [2.45, 2.75) is 99.5 Å². The van der Waals surface area contributed by atoms with Crippen molar-refractivity contribution < 1.29 is 4.79 Å². The average Bonchev–Trinajstić information content (AvgIpc) is 2.66. The van der Waals surface area contributed by atoms with Crippen LogP contribution in [0.3, 0.4) is 0 Å². The highest BCUT2D eigenvalue weighted by atomic mass is 16.2. The van der Waals surface area contributed by atoms with E-state index >= 15 is 0 Å². The van der Waals surface area contributed by atoms with Gasteiger partial charge in [0.05, 0.1) is 0 Å². The van der Waals surface area contributed by atoms with Crippen LogP contribution < -0.4 is 0 Å². The van der Waals surface area contributed by atoms with Crippen molar-refractivity contribution in [1.82, 2.24) is 9.80 Å². The summed E-state index contributed by atoms with van der Waals surface area (Å²) in [6.45, 7) is 21.4. The molecule has 0 radical (unpaired) electrons. The summed E-state index contributed by atoms with van der Waals surface area (Å²) in [5.41, 5.74) is 1.32. The monoisotopic (exact) mass is 340 g/mol. The summed E-state index contributed by atoms with van der Waals surface area (Å²) in [7, 11) is 0. The van der Waals surface area contributed by atoms with Crippen LogP contribution in [-0.2, 0) is 4.79 Å². The number of likely N-dealkylation sites (tertiary alicyclic amines) is 2. The fourth-order valence-electron chi connectivity index (χ4n) is 3.00. The van der Waals surface area contributed by atoms with E-state index < -0.39 is 0 Å². The van der Waals surface area contributed by atoms with Crippen LogP contribution in [-0.4, -0.2) is 41.4 Å². The summed E-state index contributed by atoms with van der Waals surface area (Å²) < 4.78 is 0. The lowest BCUT2D eigenvalue weighted by Crippen LogP contribution is -2.40. The molecule has 2 aliphatic rings.